The van der Waals surface area contributed by atoms with Crippen molar-refractivity contribution in [2.24, 2.45) is 11.7 Å². The average Bonchev–Trinajstić information content (AvgIpc) is 2.34. The van der Waals surface area contributed by atoms with Crippen LogP contribution in [-0.2, 0) is 0 Å². The molecule has 4 heteroatoms. The van der Waals surface area contributed by atoms with Crippen LogP contribution in [0.1, 0.15) is 30.9 Å². The standard InChI is InChI=1S/C14H21NO3/c1-17-11-8-4-7-10(14(11)18-2)12(15)13(16)9-5-3-6-9/h4,7-9,12-13,16H,3,5-6,15H2,1-2H3/t12-,13+/m0/s1. The summed E-state index contributed by atoms with van der Waals surface area (Å²) < 4.78 is 10.6. The first-order valence-corrected chi connectivity index (χ1v) is 6.33. The second kappa shape index (κ2) is 5.59. The summed E-state index contributed by atoms with van der Waals surface area (Å²) in [5, 5.41) is 10.3. The fourth-order valence-corrected chi connectivity index (χ4v) is 2.43. The van der Waals surface area contributed by atoms with Crippen LogP contribution in [0.3, 0.4) is 0 Å². The highest BCUT2D eigenvalue weighted by Gasteiger charge is 2.32. The maximum Gasteiger partial charge on any atom is 0.165 e. The highest BCUT2D eigenvalue weighted by atomic mass is 16.5. The second-order valence-corrected chi connectivity index (χ2v) is 4.79. The predicted molar refractivity (Wildman–Crippen MR) is 69.8 cm³/mol. The van der Waals surface area contributed by atoms with Crippen molar-refractivity contribution in [1.29, 1.82) is 0 Å². The molecule has 1 aliphatic carbocycles. The Morgan fingerprint density at radius 1 is 1.28 bits per heavy atom. The van der Waals surface area contributed by atoms with Gasteiger partial charge in [-0.2, -0.15) is 0 Å². The number of hydrogen-bond donors (Lipinski definition) is 2. The van der Waals surface area contributed by atoms with Gasteiger partial charge in [0.05, 0.1) is 26.4 Å². The molecule has 2 rings (SSSR count). The zero-order valence-corrected chi connectivity index (χ0v) is 10.9. The van der Waals surface area contributed by atoms with E-state index >= 15 is 0 Å². The van der Waals surface area contributed by atoms with Crippen molar-refractivity contribution in [3.05, 3.63) is 23.8 Å². The summed E-state index contributed by atoms with van der Waals surface area (Å²) in [6.07, 6.45) is 2.78. The lowest BCUT2D eigenvalue weighted by atomic mass is 9.77. The van der Waals surface area contributed by atoms with E-state index in [0.717, 1.165) is 18.4 Å². The summed E-state index contributed by atoms with van der Waals surface area (Å²) in [7, 11) is 3.18. The van der Waals surface area contributed by atoms with E-state index in [-0.39, 0.29) is 0 Å². The number of ether oxygens (including phenoxy) is 2. The van der Waals surface area contributed by atoms with Crippen LogP contribution in [0.25, 0.3) is 0 Å². The molecule has 0 saturated heterocycles. The average molecular weight is 251 g/mol. The molecule has 1 saturated carbocycles. The van der Waals surface area contributed by atoms with Crippen molar-refractivity contribution >= 4 is 0 Å². The van der Waals surface area contributed by atoms with Gasteiger partial charge in [-0.05, 0) is 24.8 Å². The van der Waals surface area contributed by atoms with Gasteiger partial charge in [-0.3, -0.25) is 0 Å². The van der Waals surface area contributed by atoms with Crippen LogP contribution >= 0.6 is 0 Å². The first kappa shape index (κ1) is 13.2. The van der Waals surface area contributed by atoms with Gasteiger partial charge < -0.3 is 20.3 Å². The molecule has 2 atom stereocenters. The molecule has 1 fully saturated rings. The molecule has 0 aromatic heterocycles. The molecule has 4 nitrogen and oxygen atoms in total. The van der Waals surface area contributed by atoms with E-state index in [1.54, 1.807) is 14.2 Å². The molecule has 1 aliphatic rings. The van der Waals surface area contributed by atoms with E-state index in [1.165, 1.54) is 6.42 Å². The van der Waals surface area contributed by atoms with E-state index in [4.69, 9.17) is 15.2 Å². The van der Waals surface area contributed by atoms with E-state index in [2.05, 4.69) is 0 Å². The van der Waals surface area contributed by atoms with Crippen molar-refractivity contribution < 1.29 is 14.6 Å². The summed E-state index contributed by atoms with van der Waals surface area (Å²) in [4.78, 5) is 0. The Morgan fingerprint density at radius 2 is 2.00 bits per heavy atom. The minimum absolute atomic E-state index is 0.316. The fourth-order valence-electron chi connectivity index (χ4n) is 2.43. The van der Waals surface area contributed by atoms with E-state index in [1.807, 2.05) is 18.2 Å². The molecule has 0 aliphatic heterocycles. The van der Waals surface area contributed by atoms with Gasteiger partial charge in [-0.25, -0.2) is 0 Å². The number of nitrogens with two attached hydrogens (primary N) is 1. The molecule has 0 amide bonds. The maximum atomic E-state index is 10.3. The number of rotatable bonds is 5. The molecule has 0 heterocycles. The Kier molecular flexibility index (Phi) is 4.09. The molecule has 0 spiro atoms. The van der Waals surface area contributed by atoms with Crippen molar-refractivity contribution in [2.75, 3.05) is 14.2 Å². The van der Waals surface area contributed by atoms with Gasteiger partial charge in [0.2, 0.25) is 0 Å². The second-order valence-electron chi connectivity index (χ2n) is 4.79. The van der Waals surface area contributed by atoms with Gasteiger partial charge >= 0.3 is 0 Å². The molecule has 18 heavy (non-hydrogen) atoms. The third-order valence-electron chi connectivity index (χ3n) is 3.79. The highest BCUT2D eigenvalue weighted by Crippen LogP contribution is 2.39. The number of hydrogen-bond acceptors (Lipinski definition) is 4. The van der Waals surface area contributed by atoms with Crippen molar-refractivity contribution in [3.63, 3.8) is 0 Å². The molecule has 0 radical (unpaired) electrons. The topological polar surface area (TPSA) is 64.7 Å². The molecule has 0 unspecified atom stereocenters. The Labute approximate surface area is 108 Å². The smallest absolute Gasteiger partial charge is 0.165 e. The van der Waals surface area contributed by atoms with Crippen LogP contribution in [0.2, 0.25) is 0 Å². The lowest BCUT2D eigenvalue weighted by Gasteiger charge is -2.34. The van der Waals surface area contributed by atoms with Crippen LogP contribution < -0.4 is 15.2 Å². The van der Waals surface area contributed by atoms with Gasteiger partial charge in [-0.1, -0.05) is 18.6 Å². The van der Waals surface area contributed by atoms with Crippen molar-refractivity contribution in [3.8, 4) is 11.5 Å². The van der Waals surface area contributed by atoms with Crippen LogP contribution in [0.4, 0.5) is 0 Å². The summed E-state index contributed by atoms with van der Waals surface area (Å²) in [5.41, 5.74) is 6.97. The summed E-state index contributed by atoms with van der Waals surface area (Å²) >= 11 is 0. The quantitative estimate of drug-likeness (QED) is 0.838. The van der Waals surface area contributed by atoms with Gasteiger partial charge in [0.25, 0.3) is 0 Å². The largest absolute Gasteiger partial charge is 0.493 e. The number of aliphatic hydroxyl groups is 1. The number of aliphatic hydroxyl groups excluding tert-OH is 1. The lowest BCUT2D eigenvalue weighted by Crippen LogP contribution is -2.36. The molecule has 100 valence electrons. The lowest BCUT2D eigenvalue weighted by molar-refractivity contribution is 0.0407. The third-order valence-corrected chi connectivity index (χ3v) is 3.79. The van der Waals surface area contributed by atoms with Gasteiger partial charge in [-0.15, -0.1) is 0 Å². The fraction of sp³-hybridized carbons (Fsp3) is 0.571. The zero-order chi connectivity index (χ0) is 13.1. The highest BCUT2D eigenvalue weighted by molar-refractivity contribution is 5.48. The van der Waals surface area contributed by atoms with Gasteiger partial charge in [0.15, 0.2) is 11.5 Å². The molecular weight excluding hydrogens is 230 g/mol. The Bertz CT molecular complexity index is 404. The molecule has 0 bridgehead atoms. The van der Waals surface area contributed by atoms with Crippen molar-refractivity contribution in [1.82, 2.24) is 0 Å². The minimum Gasteiger partial charge on any atom is -0.493 e. The predicted octanol–water partition coefficient (Wildman–Crippen LogP) is 1.86. The Morgan fingerprint density at radius 3 is 2.50 bits per heavy atom. The van der Waals surface area contributed by atoms with Gasteiger partial charge in [0, 0.05) is 5.56 Å². The molecule has 3 N–H and O–H groups in total. The van der Waals surface area contributed by atoms with Crippen molar-refractivity contribution in [2.45, 2.75) is 31.4 Å². The normalized spacial score (nSPS) is 18.9. The van der Waals surface area contributed by atoms with E-state index < -0.39 is 12.1 Å². The summed E-state index contributed by atoms with van der Waals surface area (Å²) in [6.45, 7) is 0. The third kappa shape index (κ3) is 2.31. The van der Waals surface area contributed by atoms with Crippen LogP contribution in [-0.4, -0.2) is 25.4 Å². The molecular formula is C14H21NO3. The van der Waals surface area contributed by atoms with Crippen LogP contribution in [0, 0.1) is 5.92 Å². The monoisotopic (exact) mass is 251 g/mol. The SMILES string of the molecule is COc1cccc([C@H](N)[C@H](O)C2CCC2)c1OC. The van der Waals surface area contributed by atoms with Crippen LogP contribution in [0.15, 0.2) is 18.2 Å². The number of para-hydroxylation sites is 1. The Hall–Kier alpha value is -1.26. The Balaban J connectivity index is 2.25. The zero-order valence-electron chi connectivity index (χ0n) is 10.9. The van der Waals surface area contributed by atoms with E-state index in [9.17, 15) is 5.11 Å². The summed E-state index contributed by atoms with van der Waals surface area (Å²) in [6, 6.07) is 5.14. The van der Waals surface area contributed by atoms with Crippen LogP contribution in [0.5, 0.6) is 11.5 Å². The number of benzene rings is 1. The molecule has 1 aromatic carbocycles. The first-order valence-electron chi connectivity index (χ1n) is 6.33. The van der Waals surface area contributed by atoms with Gasteiger partial charge in [0.1, 0.15) is 0 Å². The summed E-state index contributed by atoms with van der Waals surface area (Å²) in [5.74, 6) is 1.58. The maximum absolute atomic E-state index is 10.3. The minimum atomic E-state index is -0.514. The number of methoxy groups -OCH3 is 2. The molecule has 1 aromatic rings. The van der Waals surface area contributed by atoms with E-state index in [0.29, 0.717) is 17.4 Å². The first-order chi connectivity index (χ1) is 8.69.